The number of nitrogens with zero attached hydrogens (tertiary/aromatic N) is 1. The lowest BCUT2D eigenvalue weighted by Crippen LogP contribution is -2.24. The van der Waals surface area contributed by atoms with Gasteiger partial charge in [-0.05, 0) is 43.5 Å². The molecule has 0 unspecified atom stereocenters. The molecule has 0 saturated carbocycles. The van der Waals surface area contributed by atoms with E-state index in [1.165, 1.54) is 6.26 Å². The average Bonchev–Trinajstić information content (AvgIpc) is 3.37. The normalized spacial score (nSPS) is 11.0. The number of nitrogens with one attached hydrogen (secondary N) is 1. The van der Waals surface area contributed by atoms with Crippen LogP contribution in [0.1, 0.15) is 39.3 Å². The number of carboxylic acid groups (broad SMARTS) is 1. The van der Waals surface area contributed by atoms with E-state index < -0.39 is 5.97 Å². The summed E-state index contributed by atoms with van der Waals surface area (Å²) in [6.07, 6.45) is 5.23. The molecule has 6 nitrogen and oxygen atoms in total. The molecule has 0 aliphatic rings. The molecular weight excluding hydrogens is 392 g/mol. The Morgan fingerprint density at radius 2 is 1.87 bits per heavy atom. The summed E-state index contributed by atoms with van der Waals surface area (Å²) in [6.45, 7) is 3.11. The average molecular weight is 416 g/mol. The smallest absolute Gasteiger partial charge is 0.335 e. The van der Waals surface area contributed by atoms with Gasteiger partial charge in [-0.25, -0.2) is 4.79 Å². The van der Waals surface area contributed by atoms with E-state index in [1.54, 1.807) is 18.2 Å². The summed E-state index contributed by atoms with van der Waals surface area (Å²) in [5.41, 5.74) is 4.16. The fraction of sp³-hybridized carbons (Fsp3) is 0.200. The highest BCUT2D eigenvalue weighted by atomic mass is 16.4. The number of benzene rings is 2. The minimum absolute atomic E-state index is 0.202. The van der Waals surface area contributed by atoms with Crippen molar-refractivity contribution in [3.63, 3.8) is 0 Å². The highest BCUT2D eigenvalue weighted by molar-refractivity contribution is 6.00. The molecule has 1 amide bonds. The van der Waals surface area contributed by atoms with Gasteiger partial charge in [0.1, 0.15) is 0 Å². The van der Waals surface area contributed by atoms with Gasteiger partial charge >= 0.3 is 5.97 Å². The number of furan rings is 1. The number of amides is 1. The number of hydrogen-bond acceptors (Lipinski definition) is 3. The lowest BCUT2D eigenvalue weighted by molar-refractivity contribution is 0.0696. The molecule has 0 aliphatic heterocycles. The Bertz CT molecular complexity index is 1220. The van der Waals surface area contributed by atoms with Gasteiger partial charge < -0.3 is 19.4 Å². The zero-order valence-corrected chi connectivity index (χ0v) is 17.3. The van der Waals surface area contributed by atoms with Crippen LogP contribution < -0.4 is 5.32 Å². The van der Waals surface area contributed by atoms with Gasteiger partial charge in [0.25, 0.3) is 5.91 Å². The summed E-state index contributed by atoms with van der Waals surface area (Å²) in [7, 11) is 0. The molecule has 31 heavy (non-hydrogen) atoms. The molecule has 0 atom stereocenters. The van der Waals surface area contributed by atoms with Crippen molar-refractivity contribution >= 4 is 22.8 Å². The maximum Gasteiger partial charge on any atom is 0.335 e. The molecular formula is C25H24N2O4. The molecule has 0 fully saturated rings. The van der Waals surface area contributed by atoms with Crippen molar-refractivity contribution in [2.45, 2.75) is 26.3 Å². The number of rotatable bonds is 8. The monoisotopic (exact) mass is 416 g/mol. The van der Waals surface area contributed by atoms with E-state index in [-0.39, 0.29) is 11.5 Å². The minimum atomic E-state index is -0.938. The van der Waals surface area contributed by atoms with E-state index in [2.05, 4.69) is 28.2 Å². The molecule has 4 aromatic rings. The summed E-state index contributed by atoms with van der Waals surface area (Å²) < 4.78 is 7.31. The second-order valence-electron chi connectivity index (χ2n) is 7.54. The van der Waals surface area contributed by atoms with Gasteiger partial charge in [-0.3, -0.25) is 4.79 Å². The number of carbonyl (C=O) groups excluding carboxylic acids is 1. The van der Waals surface area contributed by atoms with Crippen LogP contribution in [-0.4, -0.2) is 28.1 Å². The first-order valence-corrected chi connectivity index (χ1v) is 10.3. The fourth-order valence-corrected chi connectivity index (χ4v) is 3.75. The van der Waals surface area contributed by atoms with Gasteiger partial charge in [-0.15, -0.1) is 0 Å². The zero-order chi connectivity index (χ0) is 21.8. The molecule has 6 heteroatoms. The van der Waals surface area contributed by atoms with E-state index in [0.717, 1.165) is 47.0 Å². The van der Waals surface area contributed by atoms with Crippen LogP contribution in [0.25, 0.3) is 22.0 Å². The molecule has 0 aliphatic carbocycles. The Balaban J connectivity index is 1.47. The van der Waals surface area contributed by atoms with Crippen LogP contribution >= 0.6 is 0 Å². The van der Waals surface area contributed by atoms with Crippen LogP contribution in [0.3, 0.4) is 0 Å². The third-order valence-corrected chi connectivity index (χ3v) is 5.39. The summed E-state index contributed by atoms with van der Waals surface area (Å²) in [6, 6.07) is 17.1. The third-order valence-electron chi connectivity index (χ3n) is 5.39. The SMILES string of the molecule is Cc1ccoc1C(=O)NCCCCn1cc(-c2ccccc2)c2ccc(C(=O)O)cc21. The summed E-state index contributed by atoms with van der Waals surface area (Å²) >= 11 is 0. The number of aromatic carboxylic acids is 1. The van der Waals surface area contributed by atoms with Crippen molar-refractivity contribution < 1.29 is 19.1 Å². The van der Waals surface area contributed by atoms with Gasteiger partial charge in [-0.2, -0.15) is 0 Å². The van der Waals surface area contributed by atoms with E-state index in [4.69, 9.17) is 4.42 Å². The van der Waals surface area contributed by atoms with E-state index in [0.29, 0.717) is 12.3 Å². The molecule has 0 spiro atoms. The molecule has 0 bridgehead atoms. The molecule has 4 rings (SSSR count). The maximum atomic E-state index is 12.1. The van der Waals surface area contributed by atoms with Crippen molar-refractivity contribution in [2.24, 2.45) is 0 Å². The van der Waals surface area contributed by atoms with Crippen molar-refractivity contribution in [3.8, 4) is 11.1 Å². The van der Waals surface area contributed by atoms with Crippen LogP contribution in [0.15, 0.2) is 71.5 Å². The third kappa shape index (κ3) is 4.38. The second-order valence-corrected chi connectivity index (χ2v) is 7.54. The van der Waals surface area contributed by atoms with Crippen LogP contribution in [0.4, 0.5) is 0 Å². The largest absolute Gasteiger partial charge is 0.478 e. The Hall–Kier alpha value is -3.80. The van der Waals surface area contributed by atoms with Gasteiger partial charge in [0.05, 0.1) is 11.8 Å². The van der Waals surface area contributed by atoms with E-state index in [1.807, 2.05) is 31.2 Å². The predicted octanol–water partition coefficient (Wildman–Crippen LogP) is 5.12. The van der Waals surface area contributed by atoms with Crippen molar-refractivity contribution in [3.05, 3.63) is 83.9 Å². The second kappa shape index (κ2) is 8.92. The summed E-state index contributed by atoms with van der Waals surface area (Å²) in [5.74, 6) is -0.789. The van der Waals surface area contributed by atoms with Crippen molar-refractivity contribution in [1.29, 1.82) is 0 Å². The first-order valence-electron chi connectivity index (χ1n) is 10.3. The number of hydrogen-bond donors (Lipinski definition) is 2. The lowest BCUT2D eigenvalue weighted by atomic mass is 10.0. The predicted molar refractivity (Wildman–Crippen MR) is 119 cm³/mol. The van der Waals surface area contributed by atoms with Crippen LogP contribution in [-0.2, 0) is 6.54 Å². The number of carboxylic acids is 1. The fourth-order valence-electron chi connectivity index (χ4n) is 3.75. The molecule has 0 saturated heterocycles. The van der Waals surface area contributed by atoms with Gasteiger partial charge in [0.2, 0.25) is 0 Å². The van der Waals surface area contributed by atoms with Crippen LogP contribution in [0.5, 0.6) is 0 Å². The summed E-state index contributed by atoms with van der Waals surface area (Å²) in [4.78, 5) is 23.6. The number of carbonyl (C=O) groups is 2. The highest BCUT2D eigenvalue weighted by Crippen LogP contribution is 2.31. The number of aryl methyl sites for hydroxylation is 2. The Morgan fingerprint density at radius 3 is 2.58 bits per heavy atom. The Morgan fingerprint density at radius 1 is 1.06 bits per heavy atom. The van der Waals surface area contributed by atoms with E-state index in [9.17, 15) is 14.7 Å². The van der Waals surface area contributed by atoms with Crippen molar-refractivity contribution in [1.82, 2.24) is 9.88 Å². The first-order chi connectivity index (χ1) is 15.0. The molecule has 2 heterocycles. The topological polar surface area (TPSA) is 84.5 Å². The standard InChI is InChI=1S/C25H24N2O4/c1-17-11-14-31-23(17)24(28)26-12-5-6-13-27-16-21(18-7-3-2-4-8-18)20-10-9-19(25(29)30)15-22(20)27/h2-4,7-11,14-16H,5-6,12-13H2,1H3,(H,26,28)(H,29,30). The molecule has 0 radical (unpaired) electrons. The van der Waals surface area contributed by atoms with Gasteiger partial charge in [0, 0.05) is 41.3 Å². The molecule has 2 N–H and O–H groups in total. The quantitative estimate of drug-likeness (QED) is 0.391. The number of fused-ring (bicyclic) bond motifs is 1. The van der Waals surface area contributed by atoms with Gasteiger partial charge in [0.15, 0.2) is 5.76 Å². The van der Waals surface area contributed by atoms with Crippen LogP contribution in [0, 0.1) is 6.92 Å². The van der Waals surface area contributed by atoms with Crippen LogP contribution in [0.2, 0.25) is 0 Å². The molecule has 2 aromatic heterocycles. The minimum Gasteiger partial charge on any atom is -0.478 e. The number of aromatic nitrogens is 1. The van der Waals surface area contributed by atoms with Crippen molar-refractivity contribution in [2.75, 3.05) is 6.54 Å². The van der Waals surface area contributed by atoms with Gasteiger partial charge in [-0.1, -0.05) is 36.4 Å². The molecule has 2 aromatic carbocycles. The lowest BCUT2D eigenvalue weighted by Gasteiger charge is -2.07. The zero-order valence-electron chi connectivity index (χ0n) is 17.3. The Labute approximate surface area is 180 Å². The summed E-state index contributed by atoms with van der Waals surface area (Å²) in [5, 5.41) is 13.3. The molecule has 158 valence electrons. The highest BCUT2D eigenvalue weighted by Gasteiger charge is 2.14. The Kier molecular flexibility index (Phi) is 5.89. The maximum absolute atomic E-state index is 12.1. The number of unbranched alkanes of at least 4 members (excludes halogenated alkanes) is 1. The van der Waals surface area contributed by atoms with E-state index >= 15 is 0 Å². The first kappa shape index (κ1) is 20.5.